The number of nitrogens with one attached hydrogen (secondary N) is 1. The summed E-state index contributed by atoms with van der Waals surface area (Å²) >= 11 is 0. The molecule has 0 saturated heterocycles. The molecule has 0 aromatic heterocycles. The standard InChI is InChI=1S/C19H26N2O4/c1-6-24-16-10-17(19(2,3)12-25-18(22)11-23-5)21-15-8-7-13(20-4)9-14(15)16/h7-9,16-17,21H,6,10-12H2,1-3,5H3. The predicted octanol–water partition coefficient (Wildman–Crippen LogP) is 3.71. The Labute approximate surface area is 149 Å². The highest BCUT2D eigenvalue weighted by atomic mass is 16.6. The predicted molar refractivity (Wildman–Crippen MR) is 95.7 cm³/mol. The number of esters is 1. The SMILES string of the molecule is [C-]#[N+]c1ccc2c(c1)C(OCC)CC(C(C)(C)COC(=O)COC)N2. The molecule has 25 heavy (non-hydrogen) atoms. The van der Waals surface area contributed by atoms with Gasteiger partial charge < -0.3 is 19.5 Å². The van der Waals surface area contributed by atoms with Gasteiger partial charge in [0, 0.05) is 30.9 Å². The highest BCUT2D eigenvalue weighted by molar-refractivity contribution is 5.70. The van der Waals surface area contributed by atoms with Gasteiger partial charge in [-0.3, -0.25) is 0 Å². The Bertz CT molecular complexity index is 651. The first-order chi connectivity index (χ1) is 11.9. The van der Waals surface area contributed by atoms with Gasteiger partial charge in [0.05, 0.1) is 19.3 Å². The smallest absolute Gasteiger partial charge is 0.332 e. The monoisotopic (exact) mass is 346 g/mol. The van der Waals surface area contributed by atoms with E-state index in [2.05, 4.69) is 24.0 Å². The highest BCUT2D eigenvalue weighted by Gasteiger charge is 2.37. The van der Waals surface area contributed by atoms with Crippen LogP contribution in [0.5, 0.6) is 0 Å². The lowest BCUT2D eigenvalue weighted by Crippen LogP contribution is -2.44. The van der Waals surface area contributed by atoms with Crippen LogP contribution in [0.3, 0.4) is 0 Å². The Morgan fingerprint density at radius 1 is 1.44 bits per heavy atom. The minimum atomic E-state index is -0.366. The number of methoxy groups -OCH3 is 1. The summed E-state index contributed by atoms with van der Waals surface area (Å²) in [4.78, 5) is 15.1. The molecule has 6 nitrogen and oxygen atoms in total. The fraction of sp³-hybridized carbons (Fsp3) is 0.579. The number of fused-ring (bicyclic) bond motifs is 1. The molecule has 1 aliphatic heterocycles. The summed E-state index contributed by atoms with van der Waals surface area (Å²) in [6.45, 7) is 14.1. The van der Waals surface area contributed by atoms with Crippen molar-refractivity contribution in [1.82, 2.24) is 0 Å². The fourth-order valence-electron chi connectivity index (χ4n) is 3.01. The van der Waals surface area contributed by atoms with Gasteiger partial charge >= 0.3 is 5.97 Å². The molecule has 1 heterocycles. The molecule has 1 aromatic carbocycles. The van der Waals surface area contributed by atoms with Crippen LogP contribution in [0.1, 0.15) is 38.9 Å². The van der Waals surface area contributed by atoms with E-state index < -0.39 is 0 Å². The molecular weight excluding hydrogens is 320 g/mol. The summed E-state index contributed by atoms with van der Waals surface area (Å²) in [7, 11) is 1.47. The van der Waals surface area contributed by atoms with Crippen molar-refractivity contribution in [3.63, 3.8) is 0 Å². The zero-order valence-electron chi connectivity index (χ0n) is 15.3. The first-order valence-corrected chi connectivity index (χ1v) is 8.45. The van der Waals surface area contributed by atoms with Crippen LogP contribution < -0.4 is 5.32 Å². The van der Waals surface area contributed by atoms with Crippen molar-refractivity contribution >= 4 is 17.3 Å². The molecule has 1 aromatic rings. The number of benzene rings is 1. The lowest BCUT2D eigenvalue weighted by atomic mass is 9.78. The number of hydrogen-bond donors (Lipinski definition) is 1. The summed E-state index contributed by atoms with van der Waals surface area (Å²) in [6.07, 6.45) is 0.666. The number of carbonyl (C=O) groups is 1. The Morgan fingerprint density at radius 3 is 2.84 bits per heavy atom. The van der Waals surface area contributed by atoms with E-state index in [4.69, 9.17) is 20.8 Å². The Morgan fingerprint density at radius 2 is 2.20 bits per heavy atom. The molecule has 0 fully saturated rings. The third kappa shape index (κ3) is 4.71. The minimum absolute atomic E-state index is 0.0437. The van der Waals surface area contributed by atoms with E-state index in [1.165, 1.54) is 7.11 Å². The third-order valence-electron chi connectivity index (χ3n) is 4.47. The zero-order chi connectivity index (χ0) is 18.4. The fourth-order valence-corrected chi connectivity index (χ4v) is 3.01. The average Bonchev–Trinajstić information content (AvgIpc) is 2.60. The lowest BCUT2D eigenvalue weighted by molar-refractivity contribution is -0.151. The topological polar surface area (TPSA) is 61.2 Å². The van der Waals surface area contributed by atoms with Gasteiger partial charge in [0.2, 0.25) is 0 Å². The molecule has 0 spiro atoms. The van der Waals surface area contributed by atoms with Crippen molar-refractivity contribution in [3.8, 4) is 0 Å². The molecule has 136 valence electrons. The molecule has 2 atom stereocenters. The number of nitrogens with zero attached hydrogens (tertiary/aromatic N) is 1. The van der Waals surface area contributed by atoms with Crippen LogP contribution >= 0.6 is 0 Å². The van der Waals surface area contributed by atoms with Gasteiger partial charge in [-0.1, -0.05) is 19.9 Å². The van der Waals surface area contributed by atoms with Crippen molar-refractivity contribution in [2.75, 3.05) is 32.2 Å². The molecular formula is C19H26N2O4. The second-order valence-electron chi connectivity index (χ2n) is 6.84. The maximum atomic E-state index is 11.6. The Balaban J connectivity index is 2.17. The molecule has 2 rings (SSSR count). The van der Waals surface area contributed by atoms with E-state index >= 15 is 0 Å². The van der Waals surface area contributed by atoms with Crippen LogP contribution in [-0.4, -0.2) is 38.9 Å². The van der Waals surface area contributed by atoms with E-state index in [-0.39, 0.29) is 30.1 Å². The Hall–Kier alpha value is -2.10. The van der Waals surface area contributed by atoms with Gasteiger partial charge in [-0.15, -0.1) is 0 Å². The van der Waals surface area contributed by atoms with E-state index in [9.17, 15) is 4.79 Å². The first kappa shape index (κ1) is 19.2. The van der Waals surface area contributed by atoms with Crippen molar-refractivity contribution in [2.24, 2.45) is 5.41 Å². The zero-order valence-corrected chi connectivity index (χ0v) is 15.3. The molecule has 1 N–H and O–H groups in total. The van der Waals surface area contributed by atoms with E-state index in [0.29, 0.717) is 18.9 Å². The van der Waals surface area contributed by atoms with Crippen molar-refractivity contribution < 1.29 is 19.0 Å². The largest absolute Gasteiger partial charge is 0.463 e. The number of rotatable bonds is 7. The quantitative estimate of drug-likeness (QED) is 0.602. The molecule has 2 unspecified atom stereocenters. The third-order valence-corrected chi connectivity index (χ3v) is 4.47. The second kappa shape index (κ2) is 8.32. The molecule has 0 saturated carbocycles. The van der Waals surface area contributed by atoms with Gasteiger partial charge in [-0.05, 0) is 31.0 Å². The van der Waals surface area contributed by atoms with E-state index in [1.54, 1.807) is 6.07 Å². The molecule has 1 aliphatic rings. The van der Waals surface area contributed by atoms with Crippen molar-refractivity contribution in [1.29, 1.82) is 0 Å². The summed E-state index contributed by atoms with van der Waals surface area (Å²) in [5.41, 5.74) is 2.31. The molecule has 0 amide bonds. The number of carbonyl (C=O) groups excluding carboxylic acids is 1. The van der Waals surface area contributed by atoms with Gasteiger partial charge in [-0.25, -0.2) is 9.64 Å². The highest BCUT2D eigenvalue weighted by Crippen LogP contribution is 2.42. The summed E-state index contributed by atoms with van der Waals surface area (Å²) in [5, 5.41) is 3.53. The lowest BCUT2D eigenvalue weighted by Gasteiger charge is -2.41. The molecule has 0 bridgehead atoms. The van der Waals surface area contributed by atoms with Crippen LogP contribution in [0.25, 0.3) is 4.85 Å². The van der Waals surface area contributed by atoms with Gasteiger partial charge in [0.15, 0.2) is 5.69 Å². The number of hydrogen-bond acceptors (Lipinski definition) is 5. The summed E-state index contributed by atoms with van der Waals surface area (Å²) in [6, 6.07) is 5.69. The van der Waals surface area contributed by atoms with E-state index in [0.717, 1.165) is 17.7 Å². The summed E-state index contributed by atoms with van der Waals surface area (Å²) < 4.78 is 16.1. The van der Waals surface area contributed by atoms with Crippen molar-refractivity contribution in [2.45, 2.75) is 39.3 Å². The first-order valence-electron chi connectivity index (χ1n) is 8.45. The average molecular weight is 346 g/mol. The van der Waals surface area contributed by atoms with Crippen LogP contribution in [0.2, 0.25) is 0 Å². The van der Waals surface area contributed by atoms with Crippen LogP contribution in [0.4, 0.5) is 11.4 Å². The molecule has 0 aliphatic carbocycles. The van der Waals surface area contributed by atoms with Gasteiger partial charge in [0.25, 0.3) is 0 Å². The van der Waals surface area contributed by atoms with Crippen molar-refractivity contribution in [3.05, 3.63) is 35.2 Å². The Kier molecular flexibility index (Phi) is 6.40. The van der Waals surface area contributed by atoms with Gasteiger partial charge in [0.1, 0.15) is 6.61 Å². The van der Waals surface area contributed by atoms with Gasteiger partial charge in [-0.2, -0.15) is 0 Å². The number of ether oxygens (including phenoxy) is 3. The van der Waals surface area contributed by atoms with Crippen LogP contribution in [0.15, 0.2) is 18.2 Å². The minimum Gasteiger partial charge on any atom is -0.463 e. The van der Waals surface area contributed by atoms with Crippen LogP contribution in [-0.2, 0) is 19.0 Å². The maximum absolute atomic E-state index is 11.6. The molecule has 0 radical (unpaired) electrons. The molecule has 6 heteroatoms. The van der Waals surface area contributed by atoms with Crippen LogP contribution in [0, 0.1) is 12.0 Å². The normalized spacial score (nSPS) is 19.5. The second-order valence-corrected chi connectivity index (χ2v) is 6.84. The van der Waals surface area contributed by atoms with E-state index in [1.807, 2.05) is 19.1 Å². The maximum Gasteiger partial charge on any atom is 0.332 e. The summed E-state index contributed by atoms with van der Waals surface area (Å²) in [5.74, 6) is -0.366. The number of anilines is 1.